The number of unbranched alkanes of at least 4 members (excludes halogenated alkanes) is 6. The molecule has 3 amide bonds. The molecule has 9 aromatic rings. The summed E-state index contributed by atoms with van der Waals surface area (Å²) in [6, 6.07) is 66.0. The monoisotopic (exact) mass is 1460 g/mol. The molecule has 0 saturated heterocycles. The highest BCUT2D eigenvalue weighted by Gasteiger charge is 2.32. The number of aromatic nitrogens is 2. The second kappa shape index (κ2) is 43.0. The number of pyridine rings is 2. The second-order valence-corrected chi connectivity index (χ2v) is 28.2. The summed E-state index contributed by atoms with van der Waals surface area (Å²) in [7, 11) is 0. The lowest BCUT2D eigenvalue weighted by atomic mass is 10.0. The number of nitrogens with zero attached hydrogens (tertiary/aromatic N) is 5. The summed E-state index contributed by atoms with van der Waals surface area (Å²) in [4.78, 5) is 87.5. The summed E-state index contributed by atoms with van der Waals surface area (Å²) in [5, 5.41) is 26.4. The normalized spacial score (nSPS) is 13.4. The number of carboxylic acids is 3. The molecule has 7 aromatic carbocycles. The van der Waals surface area contributed by atoms with Crippen molar-refractivity contribution in [1.29, 1.82) is 0 Å². The quantitative estimate of drug-likeness (QED) is 0.0311. The maximum atomic E-state index is 13.7. The number of para-hydroxylation sites is 3. The molecule has 3 saturated carbocycles. The van der Waals surface area contributed by atoms with Crippen molar-refractivity contribution in [3.8, 4) is 50.6 Å². The van der Waals surface area contributed by atoms with Gasteiger partial charge in [0.1, 0.15) is 17.2 Å². The van der Waals surface area contributed by atoms with Gasteiger partial charge in [-0.2, -0.15) is 0 Å². The number of aliphatic carboxylic acids is 3. The molecule has 0 unspecified atom stereocenters. The standard InChI is InChI=1S/C31H35NO4.2C30H34N2O4/c33-30(34)17-5-2-10-22-36-29-16-9-6-13-27(29)23-32(28-14-7-8-15-28)31(35)26-20-18-25(19-21-26)24-11-3-1-4-12-24;33-29(34)14-2-1-7-20-36-28-13-6-3-9-26(28)22-32(27-11-4-5-12-27)30(35)24-17-15-23(16-18-24)25-10-8-19-31-21-25;33-29(34)12-2-1-7-21-36-28-11-6-3-8-26(28)22-32(27-9-4-5-10-27)30(35)25-15-13-23(14-16-25)24-17-19-31-20-18-24/h1,3-4,6,9,11-13,16,18-21,28H,2,5,7-8,10,14-15,17,22-23H2,(H,33,34);3,6,8-10,13,15-19,21,27H,1-2,4-5,7,11-12,14,20,22H2,(H,33,34);3,6,8,11,13-20,27H,1-2,4-5,7,9-10,12,21-22H2,(H,33,34). The predicted octanol–water partition coefficient (Wildman–Crippen LogP) is 19.7. The van der Waals surface area contributed by atoms with Crippen molar-refractivity contribution in [3.63, 3.8) is 0 Å². The second-order valence-electron chi connectivity index (χ2n) is 28.2. The molecular weight excluding hydrogens is 1360 g/mol. The fraction of sp³-hybridized carbons (Fsp3) is 0.363. The van der Waals surface area contributed by atoms with Crippen molar-refractivity contribution >= 4 is 35.6 Å². The van der Waals surface area contributed by atoms with E-state index in [9.17, 15) is 28.8 Å². The number of carbonyl (C=O) groups excluding carboxylic acids is 3. The molecule has 564 valence electrons. The molecule has 0 spiro atoms. The summed E-state index contributed by atoms with van der Waals surface area (Å²) in [6.07, 6.45) is 27.5. The SMILES string of the molecule is O=C(O)CCCCCOc1ccccc1CN(C(=O)c1ccc(-c2ccccc2)cc1)C1CCCC1.O=C(O)CCCCCOc1ccccc1CN(C(=O)c1ccc(-c2cccnc2)cc1)C1CCCC1.O=C(O)CCCCCOc1ccccc1CN(C(=O)c1ccc(-c2ccncc2)cc1)C1CCCC1. The van der Waals surface area contributed by atoms with E-state index < -0.39 is 17.9 Å². The Bertz CT molecular complexity index is 3810. The highest BCUT2D eigenvalue weighted by molar-refractivity contribution is 5.96. The minimum Gasteiger partial charge on any atom is -0.493 e. The Morgan fingerprint density at radius 3 is 0.926 bits per heavy atom. The molecule has 3 aliphatic rings. The molecule has 0 aliphatic heterocycles. The molecule has 17 heteroatoms. The van der Waals surface area contributed by atoms with Gasteiger partial charge < -0.3 is 44.2 Å². The first-order chi connectivity index (χ1) is 52.8. The first-order valence-electron chi connectivity index (χ1n) is 38.7. The van der Waals surface area contributed by atoms with Crippen molar-refractivity contribution in [1.82, 2.24) is 24.7 Å². The van der Waals surface area contributed by atoms with Crippen molar-refractivity contribution in [2.75, 3.05) is 19.8 Å². The Hall–Kier alpha value is -10.9. The van der Waals surface area contributed by atoms with Crippen LogP contribution >= 0.6 is 0 Å². The summed E-state index contributed by atoms with van der Waals surface area (Å²) >= 11 is 0. The Kier molecular flexibility index (Phi) is 31.7. The minimum atomic E-state index is -0.760. The van der Waals surface area contributed by atoms with Crippen molar-refractivity contribution in [2.24, 2.45) is 0 Å². The third-order valence-corrected chi connectivity index (χ3v) is 20.4. The molecular formula is C91H103N5O12. The van der Waals surface area contributed by atoms with Crippen LogP contribution in [0.15, 0.2) is 225 Å². The fourth-order valence-electron chi connectivity index (χ4n) is 14.5. The number of amides is 3. The average Bonchev–Trinajstić information content (AvgIpc) is 1.37. The van der Waals surface area contributed by atoms with Gasteiger partial charge in [-0.25, -0.2) is 0 Å². The van der Waals surface area contributed by atoms with E-state index in [0.29, 0.717) is 75.4 Å². The minimum absolute atomic E-state index is 0.0445. The van der Waals surface area contributed by atoms with Gasteiger partial charge in [0.2, 0.25) is 0 Å². The number of ether oxygens (including phenoxy) is 3. The van der Waals surface area contributed by atoms with E-state index in [0.717, 1.165) is 183 Å². The van der Waals surface area contributed by atoms with E-state index in [1.165, 1.54) is 0 Å². The lowest BCUT2D eigenvalue weighted by molar-refractivity contribution is -0.138. The molecule has 108 heavy (non-hydrogen) atoms. The summed E-state index contributed by atoms with van der Waals surface area (Å²) in [6.45, 7) is 3.12. The molecule has 3 fully saturated rings. The summed E-state index contributed by atoms with van der Waals surface area (Å²) in [5.41, 5.74) is 11.5. The lowest BCUT2D eigenvalue weighted by Gasteiger charge is -2.30. The van der Waals surface area contributed by atoms with Crippen LogP contribution in [0.1, 0.15) is 202 Å². The number of benzene rings is 7. The fourth-order valence-corrected chi connectivity index (χ4v) is 14.5. The zero-order chi connectivity index (χ0) is 75.5. The zero-order valence-electron chi connectivity index (χ0n) is 62.1. The van der Waals surface area contributed by atoms with Crippen LogP contribution in [0.2, 0.25) is 0 Å². The number of hydrogen-bond donors (Lipinski definition) is 3. The predicted molar refractivity (Wildman–Crippen MR) is 422 cm³/mol. The highest BCUT2D eigenvalue weighted by Crippen LogP contribution is 2.35. The van der Waals surface area contributed by atoms with Crippen molar-refractivity contribution < 1.29 is 58.3 Å². The van der Waals surface area contributed by atoms with E-state index in [4.69, 9.17) is 29.5 Å². The van der Waals surface area contributed by atoms with Gasteiger partial charge in [-0.05, 0) is 202 Å². The van der Waals surface area contributed by atoms with E-state index in [1.807, 2.05) is 209 Å². The number of carboxylic acid groups (broad SMARTS) is 3. The third-order valence-electron chi connectivity index (χ3n) is 20.4. The van der Waals surface area contributed by atoms with E-state index in [2.05, 4.69) is 22.1 Å². The van der Waals surface area contributed by atoms with Gasteiger partial charge in [0.25, 0.3) is 17.7 Å². The van der Waals surface area contributed by atoms with E-state index >= 15 is 0 Å². The lowest BCUT2D eigenvalue weighted by Crippen LogP contribution is -2.38. The maximum absolute atomic E-state index is 13.7. The number of hydrogen-bond acceptors (Lipinski definition) is 11. The van der Waals surface area contributed by atoms with Gasteiger partial charge in [0.15, 0.2) is 0 Å². The molecule has 3 N–H and O–H groups in total. The third kappa shape index (κ3) is 24.8. The van der Waals surface area contributed by atoms with Crippen LogP contribution in [0.3, 0.4) is 0 Å². The molecule has 0 bridgehead atoms. The average molecular weight is 1460 g/mol. The summed E-state index contributed by atoms with van der Waals surface area (Å²) in [5.74, 6) is 0.256. The van der Waals surface area contributed by atoms with E-state index in [1.54, 1.807) is 18.6 Å². The van der Waals surface area contributed by atoms with Crippen LogP contribution in [0, 0.1) is 0 Å². The van der Waals surface area contributed by atoms with Gasteiger partial charge >= 0.3 is 17.9 Å². The van der Waals surface area contributed by atoms with Crippen LogP contribution in [0.5, 0.6) is 17.2 Å². The van der Waals surface area contributed by atoms with Crippen LogP contribution in [-0.4, -0.2) is 114 Å². The molecule has 3 aliphatic carbocycles. The first-order valence-corrected chi connectivity index (χ1v) is 38.7. The molecule has 0 atom stereocenters. The van der Waals surface area contributed by atoms with Crippen molar-refractivity contribution in [3.05, 3.63) is 258 Å². The highest BCUT2D eigenvalue weighted by atomic mass is 16.5. The van der Waals surface area contributed by atoms with Gasteiger partial charge in [-0.3, -0.25) is 38.7 Å². The molecule has 0 radical (unpaired) electrons. The smallest absolute Gasteiger partial charge is 0.303 e. The van der Waals surface area contributed by atoms with Gasteiger partial charge in [-0.1, -0.05) is 166 Å². The molecule has 2 aromatic heterocycles. The Balaban J connectivity index is 0.000000173. The summed E-state index contributed by atoms with van der Waals surface area (Å²) < 4.78 is 18.2. The van der Waals surface area contributed by atoms with Crippen molar-refractivity contribution in [2.45, 2.75) is 192 Å². The van der Waals surface area contributed by atoms with Crippen LogP contribution in [-0.2, 0) is 34.0 Å². The Morgan fingerprint density at radius 2 is 0.602 bits per heavy atom. The zero-order valence-corrected chi connectivity index (χ0v) is 62.1. The van der Waals surface area contributed by atoms with Gasteiger partial charge in [-0.15, -0.1) is 0 Å². The molecule has 12 rings (SSSR count). The Morgan fingerprint density at radius 1 is 0.306 bits per heavy atom. The van der Waals surface area contributed by atoms with Gasteiger partial charge in [0.05, 0.1) is 19.8 Å². The van der Waals surface area contributed by atoms with Crippen LogP contribution in [0.25, 0.3) is 33.4 Å². The molecule has 17 nitrogen and oxygen atoms in total. The Labute approximate surface area is 636 Å². The van der Waals surface area contributed by atoms with Crippen LogP contribution < -0.4 is 14.2 Å². The van der Waals surface area contributed by atoms with Crippen LogP contribution in [0.4, 0.5) is 0 Å². The number of rotatable bonds is 36. The van der Waals surface area contributed by atoms with E-state index in [-0.39, 0.29) is 55.1 Å². The van der Waals surface area contributed by atoms with Gasteiger partial charge in [0, 0.05) is 115 Å². The topological polar surface area (TPSA) is 226 Å². The number of carbonyl (C=O) groups is 6. The maximum Gasteiger partial charge on any atom is 0.303 e. The molecule has 2 heterocycles. The first kappa shape index (κ1) is 79.6. The largest absolute Gasteiger partial charge is 0.493 e.